The van der Waals surface area contributed by atoms with E-state index >= 15 is 0 Å². The molecule has 1 heterocycles. The normalized spacial score (nSPS) is 13.5. The molecule has 1 unspecified atom stereocenters. The topological polar surface area (TPSA) is 72.0 Å². The van der Waals surface area contributed by atoms with Crippen molar-refractivity contribution >= 4 is 9.84 Å². The smallest absolute Gasteiger partial charge is 0.147 e. The average Bonchev–Trinajstić information content (AvgIpc) is 2.29. The van der Waals surface area contributed by atoms with E-state index in [1.165, 1.54) is 6.26 Å². The van der Waals surface area contributed by atoms with Gasteiger partial charge in [-0.05, 0) is 26.3 Å². The van der Waals surface area contributed by atoms with Gasteiger partial charge in [0.1, 0.15) is 9.84 Å². The van der Waals surface area contributed by atoms with Crippen LogP contribution in [0.15, 0.2) is 12.4 Å². The van der Waals surface area contributed by atoms with Gasteiger partial charge in [-0.1, -0.05) is 6.92 Å². The van der Waals surface area contributed by atoms with Gasteiger partial charge in [-0.15, -0.1) is 0 Å². The van der Waals surface area contributed by atoms with Crippen molar-refractivity contribution in [1.82, 2.24) is 15.3 Å². The van der Waals surface area contributed by atoms with Gasteiger partial charge < -0.3 is 5.32 Å². The zero-order chi connectivity index (χ0) is 13.6. The van der Waals surface area contributed by atoms with Crippen molar-refractivity contribution in [3.63, 3.8) is 0 Å². The highest BCUT2D eigenvalue weighted by atomic mass is 32.2. The van der Waals surface area contributed by atoms with Crippen molar-refractivity contribution < 1.29 is 8.42 Å². The second-order valence-corrected chi connectivity index (χ2v) is 6.77. The fourth-order valence-electron chi connectivity index (χ4n) is 1.59. The van der Waals surface area contributed by atoms with Crippen molar-refractivity contribution in [2.24, 2.45) is 0 Å². The highest BCUT2D eigenvalue weighted by Gasteiger charge is 2.15. The summed E-state index contributed by atoms with van der Waals surface area (Å²) in [5.41, 5.74) is 1.66. The number of hydrogen-bond acceptors (Lipinski definition) is 5. The van der Waals surface area contributed by atoms with Crippen LogP contribution in [-0.4, -0.2) is 36.9 Å². The van der Waals surface area contributed by atoms with Crippen LogP contribution in [-0.2, 0) is 9.84 Å². The predicted octanol–water partition coefficient (Wildman–Crippen LogP) is 1.26. The zero-order valence-electron chi connectivity index (χ0n) is 11.2. The quantitative estimate of drug-likeness (QED) is 0.808. The number of rotatable bonds is 7. The van der Waals surface area contributed by atoms with Gasteiger partial charge in [0.05, 0.1) is 29.4 Å². The van der Waals surface area contributed by atoms with E-state index in [2.05, 4.69) is 22.2 Å². The van der Waals surface area contributed by atoms with Crippen LogP contribution in [0.5, 0.6) is 0 Å². The monoisotopic (exact) mass is 271 g/mol. The first-order valence-electron chi connectivity index (χ1n) is 6.12. The van der Waals surface area contributed by atoms with Crippen LogP contribution in [0.25, 0.3) is 0 Å². The Bertz CT molecular complexity index is 457. The fourth-order valence-corrected chi connectivity index (χ4v) is 2.25. The zero-order valence-corrected chi connectivity index (χ0v) is 12.0. The van der Waals surface area contributed by atoms with E-state index in [0.29, 0.717) is 6.42 Å². The maximum absolute atomic E-state index is 11.2. The molecule has 0 radical (unpaired) electrons. The van der Waals surface area contributed by atoms with Crippen molar-refractivity contribution in [3.8, 4) is 0 Å². The SMILES string of the molecule is CCCNC(CCS(C)(=O)=O)c1cnc(C)cn1. The Labute approximate surface area is 109 Å². The van der Waals surface area contributed by atoms with Crippen LogP contribution < -0.4 is 5.32 Å². The maximum Gasteiger partial charge on any atom is 0.147 e. The molecule has 0 fully saturated rings. The van der Waals surface area contributed by atoms with Crippen LogP contribution in [0.2, 0.25) is 0 Å². The Morgan fingerprint density at radius 1 is 1.33 bits per heavy atom. The molecule has 0 spiro atoms. The molecule has 0 saturated carbocycles. The second-order valence-electron chi connectivity index (χ2n) is 4.51. The van der Waals surface area contributed by atoms with Crippen LogP contribution in [0, 0.1) is 6.92 Å². The Kier molecular flexibility index (Phi) is 5.68. The Balaban J connectivity index is 2.74. The van der Waals surface area contributed by atoms with E-state index in [4.69, 9.17) is 0 Å². The summed E-state index contributed by atoms with van der Waals surface area (Å²) in [5.74, 6) is 0.157. The van der Waals surface area contributed by atoms with E-state index < -0.39 is 9.84 Å². The van der Waals surface area contributed by atoms with Crippen molar-refractivity contribution in [2.45, 2.75) is 32.7 Å². The Morgan fingerprint density at radius 2 is 2.06 bits per heavy atom. The molecule has 0 aliphatic rings. The first kappa shape index (κ1) is 15.0. The van der Waals surface area contributed by atoms with Gasteiger partial charge in [-0.25, -0.2) is 8.42 Å². The largest absolute Gasteiger partial charge is 0.309 e. The first-order chi connectivity index (χ1) is 8.42. The van der Waals surface area contributed by atoms with E-state index in [9.17, 15) is 8.42 Å². The van der Waals surface area contributed by atoms with E-state index in [-0.39, 0.29) is 11.8 Å². The molecule has 0 aromatic carbocycles. The summed E-state index contributed by atoms with van der Waals surface area (Å²) in [6.07, 6.45) is 6.19. The minimum absolute atomic E-state index is 0.0484. The van der Waals surface area contributed by atoms with Crippen LogP contribution in [0.4, 0.5) is 0 Å². The third kappa shape index (κ3) is 5.55. The molecule has 1 aromatic rings. The van der Waals surface area contributed by atoms with Crippen LogP contribution in [0.3, 0.4) is 0 Å². The molecule has 18 heavy (non-hydrogen) atoms. The number of nitrogens with zero attached hydrogens (tertiary/aromatic N) is 2. The predicted molar refractivity (Wildman–Crippen MR) is 72.1 cm³/mol. The average molecular weight is 271 g/mol. The highest BCUT2D eigenvalue weighted by Crippen LogP contribution is 2.14. The van der Waals surface area contributed by atoms with E-state index in [1.807, 2.05) is 6.92 Å². The number of aryl methyl sites for hydroxylation is 1. The van der Waals surface area contributed by atoms with Crippen molar-refractivity contribution in [2.75, 3.05) is 18.6 Å². The van der Waals surface area contributed by atoms with Gasteiger partial charge in [-0.3, -0.25) is 9.97 Å². The molecule has 102 valence electrons. The van der Waals surface area contributed by atoms with Crippen LogP contribution >= 0.6 is 0 Å². The summed E-state index contributed by atoms with van der Waals surface area (Å²) in [5, 5.41) is 3.31. The standard InChI is InChI=1S/C12H21N3O2S/c1-4-6-13-11(5-7-18(3,16)17)12-9-14-10(2)8-15-12/h8-9,11,13H,4-7H2,1-3H3. The molecule has 0 bridgehead atoms. The van der Waals surface area contributed by atoms with Gasteiger partial charge in [0.25, 0.3) is 0 Å². The number of sulfone groups is 1. The Morgan fingerprint density at radius 3 is 2.56 bits per heavy atom. The lowest BCUT2D eigenvalue weighted by Crippen LogP contribution is -2.25. The molecule has 5 nitrogen and oxygen atoms in total. The molecule has 0 saturated heterocycles. The summed E-state index contributed by atoms with van der Waals surface area (Å²) < 4.78 is 22.5. The molecular formula is C12H21N3O2S. The van der Waals surface area contributed by atoms with Crippen LogP contribution in [0.1, 0.15) is 37.2 Å². The third-order valence-corrected chi connectivity index (χ3v) is 3.55. The molecule has 1 atom stereocenters. The second kappa shape index (κ2) is 6.80. The minimum atomic E-state index is -2.95. The van der Waals surface area contributed by atoms with Crippen molar-refractivity contribution in [3.05, 3.63) is 23.8 Å². The molecule has 0 amide bonds. The van der Waals surface area contributed by atoms with Gasteiger partial charge in [0, 0.05) is 12.5 Å². The fraction of sp³-hybridized carbons (Fsp3) is 0.667. The maximum atomic E-state index is 11.2. The highest BCUT2D eigenvalue weighted by molar-refractivity contribution is 7.90. The minimum Gasteiger partial charge on any atom is -0.309 e. The number of aromatic nitrogens is 2. The summed E-state index contributed by atoms with van der Waals surface area (Å²) in [6, 6.07) is -0.0484. The summed E-state index contributed by atoms with van der Waals surface area (Å²) in [6.45, 7) is 4.78. The lowest BCUT2D eigenvalue weighted by atomic mass is 10.1. The molecule has 1 aromatic heterocycles. The van der Waals surface area contributed by atoms with E-state index in [1.54, 1.807) is 12.4 Å². The summed E-state index contributed by atoms with van der Waals surface area (Å²) >= 11 is 0. The lowest BCUT2D eigenvalue weighted by molar-refractivity contribution is 0.501. The summed E-state index contributed by atoms with van der Waals surface area (Å²) in [4.78, 5) is 8.51. The summed E-state index contributed by atoms with van der Waals surface area (Å²) in [7, 11) is -2.95. The molecule has 6 heteroatoms. The molecule has 0 aliphatic heterocycles. The van der Waals surface area contributed by atoms with Gasteiger partial charge in [0.2, 0.25) is 0 Å². The van der Waals surface area contributed by atoms with E-state index in [0.717, 1.165) is 24.4 Å². The molecule has 1 N–H and O–H groups in total. The molecule has 1 rings (SSSR count). The van der Waals surface area contributed by atoms with Gasteiger partial charge in [0.15, 0.2) is 0 Å². The first-order valence-corrected chi connectivity index (χ1v) is 8.18. The number of nitrogens with one attached hydrogen (secondary N) is 1. The number of hydrogen-bond donors (Lipinski definition) is 1. The van der Waals surface area contributed by atoms with Gasteiger partial charge in [-0.2, -0.15) is 0 Å². The molecular weight excluding hydrogens is 250 g/mol. The van der Waals surface area contributed by atoms with Gasteiger partial charge >= 0.3 is 0 Å². The lowest BCUT2D eigenvalue weighted by Gasteiger charge is -2.17. The van der Waals surface area contributed by atoms with Crippen molar-refractivity contribution in [1.29, 1.82) is 0 Å². The Hall–Kier alpha value is -1.01. The molecule has 0 aliphatic carbocycles. The third-order valence-electron chi connectivity index (χ3n) is 2.58.